The van der Waals surface area contributed by atoms with E-state index < -0.39 is 0 Å². The zero-order valence-electron chi connectivity index (χ0n) is 13.3. The molecule has 1 unspecified atom stereocenters. The monoisotopic (exact) mass is 308 g/mol. The third-order valence-corrected chi connectivity index (χ3v) is 3.72. The van der Waals surface area contributed by atoms with Gasteiger partial charge in [-0.2, -0.15) is 5.10 Å². The van der Waals surface area contributed by atoms with Gasteiger partial charge in [-0.05, 0) is 49.2 Å². The topological polar surface area (TPSA) is 51.9 Å². The SMILES string of the molecule is Cc1cnn(CC(=O)NC(C)c2cccc(-n3cccc3)c2)c1. The van der Waals surface area contributed by atoms with Crippen LogP contribution in [0, 0.1) is 6.92 Å². The molecule has 0 radical (unpaired) electrons. The summed E-state index contributed by atoms with van der Waals surface area (Å²) in [4.78, 5) is 12.1. The van der Waals surface area contributed by atoms with Gasteiger partial charge in [0, 0.05) is 24.3 Å². The van der Waals surface area contributed by atoms with Gasteiger partial charge in [-0.1, -0.05) is 12.1 Å². The number of amides is 1. The molecule has 0 spiro atoms. The highest BCUT2D eigenvalue weighted by Crippen LogP contribution is 2.17. The second-order valence-electron chi connectivity index (χ2n) is 5.69. The van der Waals surface area contributed by atoms with Crippen molar-refractivity contribution in [2.45, 2.75) is 26.4 Å². The van der Waals surface area contributed by atoms with Gasteiger partial charge in [-0.15, -0.1) is 0 Å². The lowest BCUT2D eigenvalue weighted by Crippen LogP contribution is -2.30. The third-order valence-electron chi connectivity index (χ3n) is 3.72. The fourth-order valence-electron chi connectivity index (χ4n) is 2.53. The Labute approximate surface area is 135 Å². The van der Waals surface area contributed by atoms with Gasteiger partial charge in [0.25, 0.3) is 0 Å². The fraction of sp³-hybridized carbons (Fsp3) is 0.222. The molecule has 0 fully saturated rings. The first-order valence-electron chi connectivity index (χ1n) is 7.63. The van der Waals surface area contributed by atoms with Crippen LogP contribution in [0.1, 0.15) is 24.1 Å². The van der Waals surface area contributed by atoms with Crippen molar-refractivity contribution in [3.05, 3.63) is 72.3 Å². The Kier molecular flexibility index (Phi) is 4.28. The van der Waals surface area contributed by atoms with Crippen LogP contribution >= 0.6 is 0 Å². The molecule has 0 aliphatic carbocycles. The predicted octanol–water partition coefficient (Wildman–Crippen LogP) is 2.86. The molecule has 5 nitrogen and oxygen atoms in total. The lowest BCUT2D eigenvalue weighted by atomic mass is 10.1. The maximum absolute atomic E-state index is 12.1. The number of benzene rings is 1. The van der Waals surface area contributed by atoms with E-state index >= 15 is 0 Å². The minimum atomic E-state index is -0.0605. The average molecular weight is 308 g/mol. The molecule has 0 aliphatic rings. The van der Waals surface area contributed by atoms with Crippen LogP contribution in [0.2, 0.25) is 0 Å². The van der Waals surface area contributed by atoms with Crippen molar-refractivity contribution in [1.29, 1.82) is 0 Å². The zero-order chi connectivity index (χ0) is 16.2. The number of nitrogens with one attached hydrogen (secondary N) is 1. The summed E-state index contributed by atoms with van der Waals surface area (Å²) in [5, 5.41) is 7.15. The van der Waals surface area contributed by atoms with Gasteiger partial charge in [-0.25, -0.2) is 0 Å². The second-order valence-corrected chi connectivity index (χ2v) is 5.69. The van der Waals surface area contributed by atoms with Crippen molar-refractivity contribution >= 4 is 5.91 Å². The maximum atomic E-state index is 12.1. The van der Waals surface area contributed by atoms with E-state index in [-0.39, 0.29) is 18.5 Å². The van der Waals surface area contributed by atoms with Crippen LogP contribution in [-0.2, 0) is 11.3 Å². The van der Waals surface area contributed by atoms with Crippen LogP contribution < -0.4 is 5.32 Å². The Bertz CT molecular complexity index is 789. The number of aryl methyl sites for hydroxylation is 1. The first-order valence-corrected chi connectivity index (χ1v) is 7.63. The molecule has 0 bridgehead atoms. The standard InChI is InChI=1S/C18H20N4O/c1-14-11-19-22(12-14)13-18(23)20-15(2)16-6-5-7-17(10-16)21-8-3-4-9-21/h3-12,15H,13H2,1-2H3,(H,20,23). The summed E-state index contributed by atoms with van der Waals surface area (Å²) in [7, 11) is 0. The molecule has 1 amide bonds. The summed E-state index contributed by atoms with van der Waals surface area (Å²) in [5.41, 5.74) is 3.20. The number of hydrogen-bond donors (Lipinski definition) is 1. The van der Waals surface area contributed by atoms with Crippen molar-refractivity contribution in [1.82, 2.24) is 19.7 Å². The van der Waals surface area contributed by atoms with E-state index in [1.54, 1.807) is 10.9 Å². The highest BCUT2D eigenvalue weighted by molar-refractivity contribution is 5.76. The molecule has 23 heavy (non-hydrogen) atoms. The van der Waals surface area contributed by atoms with Crippen molar-refractivity contribution in [3.8, 4) is 5.69 Å². The van der Waals surface area contributed by atoms with Gasteiger partial charge in [0.05, 0.1) is 12.2 Å². The Morgan fingerprint density at radius 1 is 1.26 bits per heavy atom. The molecule has 3 rings (SSSR count). The number of rotatable bonds is 5. The second kappa shape index (κ2) is 6.52. The van der Waals surface area contributed by atoms with Crippen molar-refractivity contribution in [2.75, 3.05) is 0 Å². The van der Waals surface area contributed by atoms with Gasteiger partial charge in [-0.3, -0.25) is 9.48 Å². The Morgan fingerprint density at radius 2 is 2.04 bits per heavy atom. The van der Waals surface area contributed by atoms with E-state index in [2.05, 4.69) is 16.5 Å². The van der Waals surface area contributed by atoms with Crippen LogP contribution in [0.3, 0.4) is 0 Å². The summed E-state index contributed by atoms with van der Waals surface area (Å²) in [6.45, 7) is 4.17. The number of carbonyl (C=O) groups is 1. The van der Waals surface area contributed by atoms with Gasteiger partial charge in [0.1, 0.15) is 6.54 Å². The maximum Gasteiger partial charge on any atom is 0.242 e. The molecular formula is C18H20N4O. The van der Waals surface area contributed by atoms with E-state index in [1.165, 1.54) is 0 Å². The van der Waals surface area contributed by atoms with Crippen LogP contribution in [0.25, 0.3) is 5.69 Å². The van der Waals surface area contributed by atoms with Gasteiger partial charge in [0.2, 0.25) is 5.91 Å². The van der Waals surface area contributed by atoms with Crippen molar-refractivity contribution in [3.63, 3.8) is 0 Å². The lowest BCUT2D eigenvalue weighted by molar-refractivity contribution is -0.122. The smallest absolute Gasteiger partial charge is 0.242 e. The summed E-state index contributed by atoms with van der Waals surface area (Å²) >= 11 is 0. The van der Waals surface area contributed by atoms with Crippen molar-refractivity contribution < 1.29 is 4.79 Å². The Balaban J connectivity index is 1.67. The van der Waals surface area contributed by atoms with Crippen LogP contribution in [0.15, 0.2) is 61.2 Å². The summed E-state index contributed by atoms with van der Waals surface area (Å²) < 4.78 is 3.69. The highest BCUT2D eigenvalue weighted by Gasteiger charge is 2.11. The van der Waals surface area contributed by atoms with E-state index in [0.717, 1.165) is 16.8 Å². The van der Waals surface area contributed by atoms with Gasteiger partial charge >= 0.3 is 0 Å². The number of nitrogens with zero attached hydrogens (tertiary/aromatic N) is 3. The minimum Gasteiger partial charge on any atom is -0.348 e. The molecule has 3 aromatic rings. The Morgan fingerprint density at radius 3 is 2.74 bits per heavy atom. The molecule has 2 heterocycles. The first-order chi connectivity index (χ1) is 11.1. The van der Waals surface area contributed by atoms with E-state index in [9.17, 15) is 4.79 Å². The van der Waals surface area contributed by atoms with E-state index in [4.69, 9.17) is 0 Å². The third kappa shape index (κ3) is 3.69. The molecule has 5 heteroatoms. The molecule has 2 aromatic heterocycles. The number of carbonyl (C=O) groups excluding carboxylic acids is 1. The molecular weight excluding hydrogens is 288 g/mol. The molecule has 1 N–H and O–H groups in total. The first kappa shape index (κ1) is 15.1. The molecule has 1 atom stereocenters. The lowest BCUT2D eigenvalue weighted by Gasteiger charge is -2.16. The molecule has 118 valence electrons. The quantitative estimate of drug-likeness (QED) is 0.788. The predicted molar refractivity (Wildman–Crippen MR) is 89.3 cm³/mol. The van der Waals surface area contributed by atoms with Crippen molar-refractivity contribution in [2.24, 2.45) is 0 Å². The summed E-state index contributed by atoms with van der Waals surface area (Å²) in [6, 6.07) is 12.1. The molecule has 0 aliphatic heterocycles. The van der Waals surface area contributed by atoms with Crippen LogP contribution in [0.4, 0.5) is 0 Å². The number of hydrogen-bond acceptors (Lipinski definition) is 2. The molecule has 1 aromatic carbocycles. The van der Waals surface area contributed by atoms with Gasteiger partial charge in [0.15, 0.2) is 0 Å². The number of aromatic nitrogens is 3. The van der Waals surface area contributed by atoms with Crippen LogP contribution in [0.5, 0.6) is 0 Å². The summed E-state index contributed by atoms with van der Waals surface area (Å²) in [5.74, 6) is -0.0491. The molecule has 0 saturated carbocycles. The minimum absolute atomic E-state index is 0.0491. The fourth-order valence-corrected chi connectivity index (χ4v) is 2.53. The van der Waals surface area contributed by atoms with Crippen LogP contribution in [-0.4, -0.2) is 20.3 Å². The zero-order valence-corrected chi connectivity index (χ0v) is 13.3. The molecule has 0 saturated heterocycles. The largest absolute Gasteiger partial charge is 0.348 e. The highest BCUT2D eigenvalue weighted by atomic mass is 16.2. The summed E-state index contributed by atoms with van der Waals surface area (Å²) in [6.07, 6.45) is 7.61. The van der Waals surface area contributed by atoms with E-state index in [0.29, 0.717) is 0 Å². The average Bonchev–Trinajstić information content (AvgIpc) is 3.19. The Hall–Kier alpha value is -2.82. The normalized spacial score (nSPS) is 12.1. The van der Waals surface area contributed by atoms with Gasteiger partial charge < -0.3 is 9.88 Å². The van der Waals surface area contributed by atoms with E-state index in [1.807, 2.05) is 67.3 Å².